The molecule has 0 aliphatic rings. The molecule has 0 fully saturated rings. The first-order chi connectivity index (χ1) is 6.12. The van der Waals surface area contributed by atoms with E-state index < -0.39 is 21.7 Å². The summed E-state index contributed by atoms with van der Waals surface area (Å²) in [5, 5.41) is 0. The second-order valence-electron chi connectivity index (χ2n) is 3.09. The van der Waals surface area contributed by atoms with E-state index in [4.69, 9.17) is 0 Å². The molecule has 0 aromatic rings. The highest BCUT2D eigenvalue weighted by molar-refractivity contribution is 7.87. The molecule has 0 bridgehead atoms. The Labute approximate surface area is 81.4 Å². The van der Waals surface area contributed by atoms with Crippen molar-refractivity contribution in [2.45, 2.75) is 38.8 Å². The van der Waals surface area contributed by atoms with Crippen LogP contribution in [0, 0.1) is 5.92 Å². The lowest BCUT2D eigenvalue weighted by Gasteiger charge is -2.19. The van der Waals surface area contributed by atoms with Gasteiger partial charge in [-0.15, -0.1) is 0 Å². The van der Waals surface area contributed by atoms with E-state index in [1.165, 1.54) is 6.92 Å². The van der Waals surface area contributed by atoms with Crippen LogP contribution in [0.25, 0.3) is 0 Å². The zero-order chi connectivity index (χ0) is 11.6. The number of hydrogen-bond acceptors (Lipinski definition) is 3. The minimum Gasteiger partial charge on any atom is -0.260 e. The van der Waals surface area contributed by atoms with Crippen molar-refractivity contribution in [1.82, 2.24) is 0 Å². The third-order valence-corrected chi connectivity index (χ3v) is 3.13. The molecule has 0 aromatic carbocycles. The van der Waals surface area contributed by atoms with Crippen LogP contribution in [-0.4, -0.2) is 20.0 Å². The highest BCUT2D eigenvalue weighted by Gasteiger charge is 2.48. The Morgan fingerprint density at radius 3 is 2.00 bits per heavy atom. The molecule has 0 N–H and O–H groups in total. The normalized spacial score (nSPS) is 17.9. The van der Waals surface area contributed by atoms with Crippen molar-refractivity contribution in [3.63, 3.8) is 0 Å². The van der Waals surface area contributed by atoms with Gasteiger partial charge in [0, 0.05) is 0 Å². The van der Waals surface area contributed by atoms with Gasteiger partial charge in [-0.25, -0.2) is 0 Å². The molecule has 0 aliphatic heterocycles. The molecular weight excluding hydrogens is 221 g/mol. The number of rotatable bonds is 4. The Hall–Kier alpha value is -0.300. The van der Waals surface area contributed by atoms with Crippen molar-refractivity contribution in [3.05, 3.63) is 0 Å². The van der Waals surface area contributed by atoms with Crippen molar-refractivity contribution >= 4 is 10.1 Å². The summed E-state index contributed by atoms with van der Waals surface area (Å²) in [7, 11) is -5.45. The van der Waals surface area contributed by atoms with Crippen molar-refractivity contribution in [2.75, 3.05) is 0 Å². The quantitative estimate of drug-likeness (QED) is 0.553. The lowest BCUT2D eigenvalue weighted by atomic mass is 10.0. The monoisotopic (exact) mass is 234 g/mol. The first-order valence-corrected chi connectivity index (χ1v) is 5.52. The smallest absolute Gasteiger partial charge is 0.260 e. The molecule has 0 heterocycles. The minimum absolute atomic E-state index is 0.243. The summed E-state index contributed by atoms with van der Waals surface area (Å²) in [6.45, 7) is 4.67. The predicted octanol–water partition coefficient (Wildman–Crippen LogP) is 2.29. The van der Waals surface area contributed by atoms with Gasteiger partial charge in [0.25, 0.3) is 0 Å². The van der Waals surface area contributed by atoms with E-state index in [9.17, 15) is 21.6 Å². The second kappa shape index (κ2) is 4.48. The van der Waals surface area contributed by atoms with E-state index in [0.717, 1.165) is 0 Å². The van der Waals surface area contributed by atoms with Crippen LogP contribution >= 0.6 is 0 Å². The minimum atomic E-state index is -5.45. The van der Waals surface area contributed by atoms with E-state index in [1.807, 2.05) is 0 Å². The molecule has 2 atom stereocenters. The molecule has 0 amide bonds. The van der Waals surface area contributed by atoms with Crippen LogP contribution in [0.15, 0.2) is 0 Å². The lowest BCUT2D eigenvalue weighted by molar-refractivity contribution is -0.0584. The largest absolute Gasteiger partial charge is 0.523 e. The SMILES string of the molecule is CCC(C)C(C)OS(=O)(=O)C(F)(F)F. The fourth-order valence-electron chi connectivity index (χ4n) is 0.681. The van der Waals surface area contributed by atoms with E-state index in [2.05, 4.69) is 4.18 Å². The lowest BCUT2D eigenvalue weighted by Crippen LogP contribution is -2.31. The van der Waals surface area contributed by atoms with Gasteiger partial charge >= 0.3 is 15.6 Å². The van der Waals surface area contributed by atoms with Gasteiger partial charge in [-0.1, -0.05) is 20.3 Å². The average Bonchev–Trinajstić information content (AvgIpc) is 2.00. The number of halogens is 3. The Bertz CT molecular complexity index is 270. The van der Waals surface area contributed by atoms with Crippen LogP contribution < -0.4 is 0 Å². The van der Waals surface area contributed by atoms with Gasteiger partial charge in [0.15, 0.2) is 0 Å². The maximum Gasteiger partial charge on any atom is 0.523 e. The second-order valence-corrected chi connectivity index (χ2v) is 4.65. The Kier molecular flexibility index (Phi) is 4.38. The number of hydrogen-bond donors (Lipinski definition) is 0. The van der Waals surface area contributed by atoms with Gasteiger partial charge < -0.3 is 0 Å². The number of alkyl halides is 3. The summed E-state index contributed by atoms with van der Waals surface area (Å²) in [5.74, 6) is -0.243. The van der Waals surface area contributed by atoms with Crippen LogP contribution in [0.5, 0.6) is 0 Å². The third-order valence-electron chi connectivity index (χ3n) is 2.01. The topological polar surface area (TPSA) is 43.4 Å². The summed E-state index contributed by atoms with van der Waals surface area (Å²) in [5.41, 5.74) is -5.34. The Balaban J connectivity index is 4.54. The zero-order valence-electron chi connectivity index (χ0n) is 8.13. The molecule has 0 saturated carbocycles. The standard InChI is InChI=1S/C7H13F3O3S/c1-4-5(2)6(3)13-14(11,12)7(8,9)10/h5-6H,4H2,1-3H3. The van der Waals surface area contributed by atoms with Gasteiger partial charge in [-0.05, 0) is 12.8 Å². The first-order valence-electron chi connectivity index (χ1n) is 4.11. The Morgan fingerprint density at radius 2 is 1.71 bits per heavy atom. The highest BCUT2D eigenvalue weighted by atomic mass is 32.2. The van der Waals surface area contributed by atoms with Gasteiger partial charge in [-0.3, -0.25) is 4.18 Å². The van der Waals surface area contributed by atoms with E-state index >= 15 is 0 Å². The molecule has 0 radical (unpaired) electrons. The summed E-state index contributed by atoms with van der Waals surface area (Å²) in [6, 6.07) is 0. The summed E-state index contributed by atoms with van der Waals surface area (Å²) < 4.78 is 60.6. The zero-order valence-corrected chi connectivity index (χ0v) is 8.95. The van der Waals surface area contributed by atoms with Crippen LogP contribution in [-0.2, 0) is 14.3 Å². The molecule has 0 spiro atoms. The van der Waals surface area contributed by atoms with Gasteiger partial charge in [0.05, 0.1) is 6.10 Å². The van der Waals surface area contributed by atoms with Crippen LogP contribution in [0.2, 0.25) is 0 Å². The third kappa shape index (κ3) is 3.45. The van der Waals surface area contributed by atoms with Gasteiger partial charge in [0.2, 0.25) is 0 Å². The molecule has 3 nitrogen and oxygen atoms in total. The average molecular weight is 234 g/mol. The molecule has 0 aromatic heterocycles. The molecule has 0 aliphatic carbocycles. The van der Waals surface area contributed by atoms with Crippen molar-refractivity contribution in [2.24, 2.45) is 5.92 Å². The summed E-state index contributed by atoms with van der Waals surface area (Å²) in [4.78, 5) is 0. The van der Waals surface area contributed by atoms with Crippen LogP contribution in [0.1, 0.15) is 27.2 Å². The fourth-order valence-corrected chi connectivity index (χ4v) is 1.38. The molecule has 0 saturated heterocycles. The van der Waals surface area contributed by atoms with E-state index in [-0.39, 0.29) is 5.92 Å². The summed E-state index contributed by atoms with van der Waals surface area (Å²) in [6.07, 6.45) is -0.416. The molecule has 14 heavy (non-hydrogen) atoms. The maximum absolute atomic E-state index is 11.8. The molecular formula is C7H13F3O3S. The van der Waals surface area contributed by atoms with Crippen molar-refractivity contribution in [1.29, 1.82) is 0 Å². The van der Waals surface area contributed by atoms with Crippen molar-refractivity contribution < 1.29 is 25.8 Å². The predicted molar refractivity (Wildman–Crippen MR) is 45.0 cm³/mol. The van der Waals surface area contributed by atoms with E-state index in [0.29, 0.717) is 6.42 Å². The molecule has 0 rings (SSSR count). The maximum atomic E-state index is 11.8. The highest BCUT2D eigenvalue weighted by Crippen LogP contribution is 2.27. The summed E-state index contributed by atoms with van der Waals surface area (Å²) >= 11 is 0. The van der Waals surface area contributed by atoms with Gasteiger partial charge in [0.1, 0.15) is 0 Å². The van der Waals surface area contributed by atoms with Crippen LogP contribution in [0.3, 0.4) is 0 Å². The van der Waals surface area contributed by atoms with Gasteiger partial charge in [-0.2, -0.15) is 21.6 Å². The molecule has 86 valence electrons. The molecule has 7 heteroatoms. The van der Waals surface area contributed by atoms with Crippen molar-refractivity contribution in [3.8, 4) is 0 Å². The van der Waals surface area contributed by atoms with E-state index in [1.54, 1.807) is 13.8 Å². The fraction of sp³-hybridized carbons (Fsp3) is 1.00. The first kappa shape index (κ1) is 13.7. The van der Waals surface area contributed by atoms with Crippen LogP contribution in [0.4, 0.5) is 13.2 Å². The molecule has 2 unspecified atom stereocenters. The Morgan fingerprint density at radius 1 is 1.29 bits per heavy atom.